The second kappa shape index (κ2) is 10.3. The van der Waals surface area contributed by atoms with Gasteiger partial charge in [-0.2, -0.15) is 0 Å². The second-order valence-corrected chi connectivity index (χ2v) is 4.70. The number of carbonyl (C=O) groups excluding carboxylic acids is 1. The summed E-state index contributed by atoms with van der Waals surface area (Å²) in [6.45, 7) is 1.14. The van der Waals surface area contributed by atoms with Gasteiger partial charge < -0.3 is 31.0 Å². The molecule has 8 heteroatoms. The van der Waals surface area contributed by atoms with E-state index in [0.29, 0.717) is 31.8 Å². The number of carbonyl (C=O) groups is 1. The van der Waals surface area contributed by atoms with Crippen LogP contribution in [0.25, 0.3) is 0 Å². The summed E-state index contributed by atoms with van der Waals surface area (Å²) in [5.41, 5.74) is 5.30. The second-order valence-electron chi connectivity index (χ2n) is 4.70. The number of hydrogen-bond acceptors (Lipinski definition) is 6. The Bertz CT molecular complexity index is 386. The highest BCUT2D eigenvalue weighted by Crippen LogP contribution is 2.11. The SMILES string of the molecule is NCCCCC(=O)Nc1c[nH]cn1.OC[C@H]1OCC[C@@H]1O. The van der Waals surface area contributed by atoms with Crippen molar-refractivity contribution in [1.29, 1.82) is 0 Å². The van der Waals surface area contributed by atoms with E-state index in [1.54, 1.807) is 6.20 Å². The highest BCUT2D eigenvalue weighted by molar-refractivity contribution is 5.89. The van der Waals surface area contributed by atoms with Crippen LogP contribution in [-0.4, -0.2) is 58.1 Å². The summed E-state index contributed by atoms with van der Waals surface area (Å²) >= 11 is 0. The third kappa shape index (κ3) is 7.19. The van der Waals surface area contributed by atoms with Gasteiger partial charge in [0, 0.05) is 19.2 Å². The van der Waals surface area contributed by atoms with Gasteiger partial charge in [-0.25, -0.2) is 4.98 Å². The maximum atomic E-state index is 11.2. The Labute approximate surface area is 123 Å². The van der Waals surface area contributed by atoms with Crippen LogP contribution >= 0.6 is 0 Å². The number of aliphatic hydroxyl groups excluding tert-OH is 2. The van der Waals surface area contributed by atoms with Gasteiger partial charge in [-0.1, -0.05) is 0 Å². The summed E-state index contributed by atoms with van der Waals surface area (Å²) in [5.74, 6) is 0.554. The third-order valence-corrected chi connectivity index (χ3v) is 2.98. The Morgan fingerprint density at radius 3 is 2.86 bits per heavy atom. The van der Waals surface area contributed by atoms with Crippen LogP contribution < -0.4 is 11.1 Å². The van der Waals surface area contributed by atoms with Gasteiger partial charge in [0.25, 0.3) is 0 Å². The quantitative estimate of drug-likeness (QED) is 0.454. The summed E-state index contributed by atoms with van der Waals surface area (Å²) in [6, 6.07) is 0. The maximum Gasteiger partial charge on any atom is 0.225 e. The van der Waals surface area contributed by atoms with Crippen LogP contribution in [0.4, 0.5) is 5.82 Å². The number of imidazole rings is 1. The van der Waals surface area contributed by atoms with Gasteiger partial charge >= 0.3 is 0 Å². The summed E-state index contributed by atoms with van der Waals surface area (Å²) in [4.78, 5) is 17.8. The van der Waals surface area contributed by atoms with E-state index in [1.807, 2.05) is 0 Å². The minimum absolute atomic E-state index is 0.0134. The van der Waals surface area contributed by atoms with E-state index in [-0.39, 0.29) is 18.6 Å². The highest BCUT2D eigenvalue weighted by atomic mass is 16.5. The van der Waals surface area contributed by atoms with Crippen molar-refractivity contribution in [3.8, 4) is 0 Å². The van der Waals surface area contributed by atoms with Crippen LogP contribution in [0.1, 0.15) is 25.7 Å². The molecule has 2 rings (SSSR count). The van der Waals surface area contributed by atoms with E-state index in [1.165, 1.54) is 6.33 Å². The Kier molecular flexibility index (Phi) is 8.60. The van der Waals surface area contributed by atoms with Gasteiger partial charge in [0.05, 0.1) is 19.0 Å². The van der Waals surface area contributed by atoms with E-state index in [4.69, 9.17) is 20.7 Å². The monoisotopic (exact) mass is 300 g/mol. The van der Waals surface area contributed by atoms with Crippen molar-refractivity contribution in [3.63, 3.8) is 0 Å². The predicted molar refractivity (Wildman–Crippen MR) is 77.6 cm³/mol. The molecule has 1 aliphatic heterocycles. The Hall–Kier alpha value is -1.48. The van der Waals surface area contributed by atoms with Crippen LogP contribution in [0.5, 0.6) is 0 Å². The molecule has 1 aromatic heterocycles. The molecule has 0 spiro atoms. The fourth-order valence-corrected chi connectivity index (χ4v) is 1.78. The maximum absolute atomic E-state index is 11.2. The molecule has 1 amide bonds. The molecule has 0 radical (unpaired) electrons. The molecule has 0 aromatic carbocycles. The molecule has 0 unspecified atom stereocenters. The third-order valence-electron chi connectivity index (χ3n) is 2.98. The molecule has 1 saturated heterocycles. The van der Waals surface area contributed by atoms with Crippen molar-refractivity contribution in [3.05, 3.63) is 12.5 Å². The van der Waals surface area contributed by atoms with E-state index in [9.17, 15) is 4.79 Å². The van der Waals surface area contributed by atoms with Crippen LogP contribution in [0.3, 0.4) is 0 Å². The first-order valence-electron chi connectivity index (χ1n) is 7.06. The lowest BCUT2D eigenvalue weighted by atomic mass is 10.2. The number of nitrogens with zero attached hydrogens (tertiary/aromatic N) is 1. The Balaban J connectivity index is 0.000000235. The number of H-pyrrole nitrogens is 1. The zero-order valence-electron chi connectivity index (χ0n) is 12.0. The average Bonchev–Trinajstić information content (AvgIpc) is 3.11. The van der Waals surface area contributed by atoms with Gasteiger partial charge in [-0.3, -0.25) is 4.79 Å². The molecule has 2 heterocycles. The van der Waals surface area contributed by atoms with Crippen molar-refractivity contribution in [2.45, 2.75) is 37.9 Å². The molecule has 1 aliphatic rings. The van der Waals surface area contributed by atoms with Gasteiger partial charge in [0.2, 0.25) is 5.91 Å². The first-order chi connectivity index (χ1) is 10.2. The number of rotatable bonds is 6. The van der Waals surface area contributed by atoms with Gasteiger partial charge in [-0.05, 0) is 25.8 Å². The number of nitrogens with two attached hydrogens (primary N) is 1. The van der Waals surface area contributed by atoms with Crippen LogP contribution in [0.15, 0.2) is 12.5 Å². The summed E-state index contributed by atoms with van der Waals surface area (Å²) in [6.07, 6.45) is 5.27. The lowest BCUT2D eigenvalue weighted by Gasteiger charge is -2.07. The fourth-order valence-electron chi connectivity index (χ4n) is 1.78. The van der Waals surface area contributed by atoms with E-state index in [0.717, 1.165) is 12.8 Å². The molecule has 0 saturated carbocycles. The zero-order valence-corrected chi connectivity index (χ0v) is 12.0. The Morgan fingerprint density at radius 2 is 2.38 bits per heavy atom. The number of amides is 1. The van der Waals surface area contributed by atoms with Crippen molar-refractivity contribution in [2.75, 3.05) is 25.1 Å². The smallest absolute Gasteiger partial charge is 0.225 e. The number of anilines is 1. The molecule has 1 aromatic rings. The molecule has 1 fully saturated rings. The number of aliphatic hydroxyl groups is 2. The molecule has 0 aliphatic carbocycles. The van der Waals surface area contributed by atoms with Crippen LogP contribution in [0.2, 0.25) is 0 Å². The lowest BCUT2D eigenvalue weighted by molar-refractivity contribution is -0.116. The lowest BCUT2D eigenvalue weighted by Crippen LogP contribution is -2.24. The molecule has 6 N–H and O–H groups in total. The normalized spacial score (nSPS) is 20.7. The number of nitrogens with one attached hydrogen (secondary N) is 2. The number of unbranched alkanes of at least 4 members (excludes halogenated alkanes) is 1. The summed E-state index contributed by atoms with van der Waals surface area (Å²) < 4.78 is 4.91. The van der Waals surface area contributed by atoms with Crippen molar-refractivity contribution < 1.29 is 19.7 Å². The molecular formula is C13H24N4O4. The van der Waals surface area contributed by atoms with Crippen molar-refractivity contribution in [1.82, 2.24) is 9.97 Å². The van der Waals surface area contributed by atoms with Crippen LogP contribution in [-0.2, 0) is 9.53 Å². The van der Waals surface area contributed by atoms with E-state index >= 15 is 0 Å². The summed E-state index contributed by atoms with van der Waals surface area (Å²) in [7, 11) is 0. The number of aromatic amines is 1. The minimum atomic E-state index is -0.444. The topological polar surface area (TPSA) is 133 Å². The number of ether oxygens (including phenoxy) is 1. The molecule has 8 nitrogen and oxygen atoms in total. The highest BCUT2D eigenvalue weighted by Gasteiger charge is 2.24. The van der Waals surface area contributed by atoms with Gasteiger partial charge in [-0.15, -0.1) is 0 Å². The number of aromatic nitrogens is 2. The first-order valence-corrected chi connectivity index (χ1v) is 7.06. The Morgan fingerprint density at radius 1 is 1.57 bits per heavy atom. The molecule has 21 heavy (non-hydrogen) atoms. The van der Waals surface area contributed by atoms with Crippen molar-refractivity contribution in [2.24, 2.45) is 5.73 Å². The molecular weight excluding hydrogens is 276 g/mol. The minimum Gasteiger partial charge on any atom is -0.394 e. The molecule has 0 bridgehead atoms. The molecule has 2 atom stereocenters. The molecule has 120 valence electrons. The largest absolute Gasteiger partial charge is 0.394 e. The average molecular weight is 300 g/mol. The fraction of sp³-hybridized carbons (Fsp3) is 0.692. The van der Waals surface area contributed by atoms with E-state index in [2.05, 4.69) is 15.3 Å². The predicted octanol–water partition coefficient (Wildman–Crippen LogP) is -0.394. The van der Waals surface area contributed by atoms with Gasteiger partial charge in [0.15, 0.2) is 5.82 Å². The van der Waals surface area contributed by atoms with E-state index < -0.39 is 6.10 Å². The first kappa shape index (κ1) is 17.6. The van der Waals surface area contributed by atoms with Crippen LogP contribution in [0, 0.1) is 0 Å². The van der Waals surface area contributed by atoms with Crippen molar-refractivity contribution >= 4 is 11.7 Å². The standard InChI is InChI=1S/C8H14N4O.C5H10O3/c9-4-2-1-3-8(13)12-7-5-10-6-11-7;6-3-5-4(7)1-2-8-5/h5-6H,1-4,9H2,(H,10,11)(H,12,13);4-7H,1-3H2/t;4-,5+/m.0/s1. The number of hydrogen-bond donors (Lipinski definition) is 5. The zero-order chi connectivity index (χ0) is 15.5. The van der Waals surface area contributed by atoms with Gasteiger partial charge in [0.1, 0.15) is 6.10 Å². The summed E-state index contributed by atoms with van der Waals surface area (Å²) in [5, 5.41) is 20.0.